The van der Waals surface area contributed by atoms with Crippen molar-refractivity contribution in [2.75, 3.05) is 6.93 Å². The number of hydrogen-bond acceptors (Lipinski definition) is 3. The first-order valence-corrected chi connectivity index (χ1v) is 9.58. The van der Waals surface area contributed by atoms with Gasteiger partial charge in [-0.3, -0.25) is 0 Å². The fourth-order valence-corrected chi connectivity index (χ4v) is 0.385. The number of alkyl halides is 2. The molecule has 17 heteroatoms. The van der Waals surface area contributed by atoms with E-state index in [0.29, 0.717) is 0 Å². The molecule has 0 aliphatic carbocycles. The van der Waals surface area contributed by atoms with Crippen LogP contribution >= 0.6 is 23.5 Å². The zero-order valence-corrected chi connectivity index (χ0v) is 14.2. The van der Waals surface area contributed by atoms with Crippen LogP contribution in [0, 0.1) is 0 Å². The quantitative estimate of drug-likeness (QED) is 0.246. The molecule has 0 aliphatic heterocycles. The number of phosphoric acid groups is 3. The number of hydrogen-bond donors (Lipinski definition) is 9. The first-order chi connectivity index (χ1) is 10.4. The molecule has 1 rings (SSSR count). The molecule has 0 aromatic heterocycles. The van der Waals surface area contributed by atoms with E-state index in [1.807, 2.05) is 36.4 Å². The molecule has 0 aliphatic rings. The molecule has 0 radical (unpaired) electrons. The average molecular weight is 424 g/mol. The van der Waals surface area contributed by atoms with Crippen molar-refractivity contribution in [3.63, 3.8) is 0 Å². The summed E-state index contributed by atoms with van der Waals surface area (Å²) in [5.74, 6) is 0. The molecule has 0 heterocycles. The van der Waals surface area contributed by atoms with E-state index in [-0.39, 0.29) is 0 Å². The molecular formula is C7H17F2O12P3. The monoisotopic (exact) mass is 424 g/mol. The predicted octanol–water partition coefficient (Wildman–Crippen LogP) is -0.216. The van der Waals surface area contributed by atoms with E-state index in [1.54, 1.807) is 0 Å². The Kier molecular flexibility index (Phi) is 22.4. The van der Waals surface area contributed by atoms with Gasteiger partial charge in [-0.05, 0) is 0 Å². The third-order valence-electron chi connectivity index (χ3n) is 0.667. The van der Waals surface area contributed by atoms with Crippen LogP contribution in [0.25, 0.3) is 0 Å². The summed E-state index contributed by atoms with van der Waals surface area (Å²) in [5.41, 5.74) is 0. The molecule has 0 saturated heterocycles. The molecule has 1 aromatic carbocycles. The minimum absolute atomic E-state index is 1.75. The summed E-state index contributed by atoms with van der Waals surface area (Å²) in [5, 5.41) is 0. The summed E-state index contributed by atoms with van der Waals surface area (Å²) in [6.45, 7) is -1.75. The molecule has 0 saturated carbocycles. The van der Waals surface area contributed by atoms with Gasteiger partial charge in [0.05, 0.1) is 0 Å². The van der Waals surface area contributed by atoms with E-state index in [2.05, 4.69) is 0 Å². The van der Waals surface area contributed by atoms with Crippen molar-refractivity contribution in [1.29, 1.82) is 0 Å². The summed E-state index contributed by atoms with van der Waals surface area (Å²) >= 11 is 0. The van der Waals surface area contributed by atoms with Gasteiger partial charge in [0, 0.05) is 0 Å². The van der Waals surface area contributed by atoms with E-state index in [0.717, 1.165) is 0 Å². The minimum atomic E-state index is -4.64. The minimum Gasteiger partial charge on any atom is -0.303 e. The third-order valence-corrected chi connectivity index (χ3v) is 0.667. The van der Waals surface area contributed by atoms with Crippen LogP contribution in [0.5, 0.6) is 0 Å². The average Bonchev–Trinajstić information content (AvgIpc) is 2.25. The van der Waals surface area contributed by atoms with Gasteiger partial charge in [-0.25, -0.2) is 22.5 Å². The third kappa shape index (κ3) is 305. The van der Waals surface area contributed by atoms with Crippen molar-refractivity contribution in [3.8, 4) is 0 Å². The second-order valence-corrected chi connectivity index (χ2v) is 5.88. The SMILES string of the molecule is FCF.O=P(O)(O)O.O=P(O)(O)O.O=P(O)(O)O.c1ccccc1. The number of benzene rings is 1. The van der Waals surface area contributed by atoms with Crippen LogP contribution < -0.4 is 0 Å². The normalized spacial score (nSPS) is 10.1. The first kappa shape index (κ1) is 31.2. The molecule has 1 aromatic rings. The van der Waals surface area contributed by atoms with Gasteiger partial charge in [0.2, 0.25) is 6.93 Å². The van der Waals surface area contributed by atoms with Crippen LogP contribution in [-0.4, -0.2) is 51.0 Å². The molecule has 12 nitrogen and oxygen atoms in total. The second-order valence-electron chi connectivity index (χ2n) is 2.80. The number of rotatable bonds is 0. The van der Waals surface area contributed by atoms with E-state index in [1.165, 1.54) is 0 Å². The molecular weight excluding hydrogens is 407 g/mol. The van der Waals surface area contributed by atoms with E-state index in [4.69, 9.17) is 57.7 Å². The molecule has 9 N–H and O–H groups in total. The summed E-state index contributed by atoms with van der Waals surface area (Å²) in [7, 11) is -13.9. The molecule has 0 amide bonds. The maximum absolute atomic E-state index is 9.62. The van der Waals surface area contributed by atoms with Crippen molar-refractivity contribution >= 4 is 23.5 Å². The summed E-state index contributed by atoms with van der Waals surface area (Å²) < 4.78 is 45.9. The molecule has 146 valence electrons. The van der Waals surface area contributed by atoms with E-state index >= 15 is 0 Å². The van der Waals surface area contributed by atoms with E-state index < -0.39 is 30.4 Å². The van der Waals surface area contributed by atoms with Crippen molar-refractivity contribution in [1.82, 2.24) is 0 Å². The Bertz CT molecular complexity index is 398. The smallest absolute Gasteiger partial charge is 0.303 e. The first-order valence-electron chi connectivity index (χ1n) is 4.88. The summed E-state index contributed by atoms with van der Waals surface area (Å²) in [6, 6.07) is 12.0. The fourth-order valence-electron chi connectivity index (χ4n) is 0.385. The van der Waals surface area contributed by atoms with Crippen LogP contribution in [0.4, 0.5) is 8.78 Å². The number of halogens is 2. The lowest BCUT2D eigenvalue weighted by Gasteiger charge is -1.82. The Hall–Kier alpha value is -0.590. The van der Waals surface area contributed by atoms with Crippen LogP contribution in [0.1, 0.15) is 0 Å². The van der Waals surface area contributed by atoms with Crippen molar-refractivity contribution < 1.29 is 66.5 Å². The lowest BCUT2D eigenvalue weighted by molar-refractivity contribution is 0.272. The standard InChI is InChI=1S/C6H6.CH2F2.3H3O4P/c1-2-4-6-5-3-1;2-1-3;3*1-5(2,3)4/h1-6H;1H2;3*(H3,1,2,3,4). The summed E-state index contributed by atoms with van der Waals surface area (Å²) in [6.07, 6.45) is 0. The predicted molar refractivity (Wildman–Crippen MR) is 76.3 cm³/mol. The fraction of sp³-hybridized carbons (Fsp3) is 0.143. The van der Waals surface area contributed by atoms with Crippen LogP contribution in [0.3, 0.4) is 0 Å². The Morgan fingerprint density at radius 1 is 0.500 bits per heavy atom. The summed E-state index contributed by atoms with van der Waals surface area (Å²) in [4.78, 5) is 64.7. The van der Waals surface area contributed by atoms with Gasteiger partial charge >= 0.3 is 23.5 Å². The highest BCUT2D eigenvalue weighted by atomic mass is 31.2. The topological polar surface area (TPSA) is 233 Å². The van der Waals surface area contributed by atoms with E-state index in [9.17, 15) is 8.78 Å². The van der Waals surface area contributed by atoms with Gasteiger partial charge in [-0.15, -0.1) is 0 Å². The second kappa shape index (κ2) is 17.2. The Labute approximate surface area is 134 Å². The maximum atomic E-state index is 9.62. The largest absolute Gasteiger partial charge is 0.466 e. The van der Waals surface area contributed by atoms with Gasteiger partial charge < -0.3 is 44.0 Å². The Balaban J connectivity index is -0.000000106. The van der Waals surface area contributed by atoms with Crippen molar-refractivity contribution in [2.24, 2.45) is 0 Å². The molecule has 0 unspecified atom stereocenters. The van der Waals surface area contributed by atoms with Gasteiger partial charge in [-0.2, -0.15) is 0 Å². The van der Waals surface area contributed by atoms with Crippen LogP contribution in [0.15, 0.2) is 36.4 Å². The lowest BCUT2D eigenvalue weighted by atomic mass is 10.4. The van der Waals surface area contributed by atoms with Crippen LogP contribution in [-0.2, 0) is 13.7 Å². The zero-order chi connectivity index (χ0) is 20.4. The highest BCUT2D eigenvalue weighted by Crippen LogP contribution is 2.26. The van der Waals surface area contributed by atoms with Crippen LogP contribution in [0.2, 0.25) is 0 Å². The van der Waals surface area contributed by atoms with Gasteiger partial charge in [0.15, 0.2) is 0 Å². The Morgan fingerprint density at radius 2 is 0.542 bits per heavy atom. The Morgan fingerprint density at radius 3 is 0.583 bits per heavy atom. The highest BCUT2D eigenvalue weighted by molar-refractivity contribution is 7.45. The lowest BCUT2D eigenvalue weighted by Crippen LogP contribution is -1.66. The molecule has 24 heavy (non-hydrogen) atoms. The maximum Gasteiger partial charge on any atom is 0.466 e. The van der Waals surface area contributed by atoms with Gasteiger partial charge in [-0.1, -0.05) is 36.4 Å². The van der Waals surface area contributed by atoms with Gasteiger partial charge in [0.1, 0.15) is 0 Å². The zero-order valence-electron chi connectivity index (χ0n) is 11.5. The van der Waals surface area contributed by atoms with Crippen molar-refractivity contribution in [3.05, 3.63) is 36.4 Å². The molecule has 0 atom stereocenters. The highest BCUT2D eigenvalue weighted by Gasteiger charge is 2.01. The molecule has 0 spiro atoms. The van der Waals surface area contributed by atoms with Crippen molar-refractivity contribution in [2.45, 2.75) is 0 Å². The van der Waals surface area contributed by atoms with Gasteiger partial charge in [0.25, 0.3) is 0 Å². The molecule has 0 fully saturated rings. The molecule has 0 bridgehead atoms.